The second kappa shape index (κ2) is 9.37. The number of alkyl halides is 2. The molecule has 0 radical (unpaired) electrons. The molecule has 198 valence electrons. The summed E-state index contributed by atoms with van der Waals surface area (Å²) >= 11 is 5.97. The molecular formula is C27H21ClF4N2O4. The third-order valence-corrected chi connectivity index (χ3v) is 7.30. The van der Waals surface area contributed by atoms with E-state index in [-0.39, 0.29) is 34.1 Å². The number of benzene rings is 3. The number of aliphatic hydroxyl groups excluding tert-OH is 1. The van der Waals surface area contributed by atoms with Crippen molar-refractivity contribution < 1.29 is 37.4 Å². The Morgan fingerprint density at radius 2 is 1.74 bits per heavy atom. The number of anilines is 2. The molecular weight excluding hydrogens is 528 g/mol. The smallest absolute Gasteiger partial charge is 0.284 e. The van der Waals surface area contributed by atoms with Gasteiger partial charge in [0.25, 0.3) is 17.7 Å². The summed E-state index contributed by atoms with van der Waals surface area (Å²) in [5.74, 6) is -6.75. The Hall–Kier alpha value is -3.47. The van der Waals surface area contributed by atoms with E-state index >= 15 is 4.39 Å². The van der Waals surface area contributed by atoms with Crippen LogP contribution in [0.2, 0.25) is 5.02 Å². The van der Waals surface area contributed by atoms with Crippen molar-refractivity contribution in [3.05, 3.63) is 93.5 Å². The third-order valence-electron chi connectivity index (χ3n) is 7.06. The van der Waals surface area contributed by atoms with E-state index in [2.05, 4.69) is 0 Å². The number of nitrogens with zero attached hydrogens (tertiary/aromatic N) is 2. The van der Waals surface area contributed by atoms with E-state index < -0.39 is 60.1 Å². The van der Waals surface area contributed by atoms with Crippen molar-refractivity contribution in [2.45, 2.75) is 24.4 Å². The van der Waals surface area contributed by atoms with Crippen molar-refractivity contribution in [2.24, 2.45) is 0 Å². The van der Waals surface area contributed by atoms with Crippen LogP contribution in [0.4, 0.5) is 28.9 Å². The minimum atomic E-state index is -3.81. The van der Waals surface area contributed by atoms with Gasteiger partial charge in [0.05, 0.1) is 18.0 Å². The first-order valence-electron chi connectivity index (χ1n) is 11.7. The molecule has 2 heterocycles. The Morgan fingerprint density at radius 1 is 1.00 bits per heavy atom. The zero-order chi connectivity index (χ0) is 27.4. The van der Waals surface area contributed by atoms with E-state index in [0.717, 1.165) is 28.0 Å². The van der Waals surface area contributed by atoms with Gasteiger partial charge in [0.2, 0.25) is 0 Å². The number of carbonyl (C=O) groups is 2. The second-order valence-electron chi connectivity index (χ2n) is 9.27. The van der Waals surface area contributed by atoms with E-state index in [1.165, 1.54) is 36.4 Å². The van der Waals surface area contributed by atoms with Gasteiger partial charge in [-0.3, -0.25) is 9.59 Å². The van der Waals surface area contributed by atoms with Crippen LogP contribution in [-0.4, -0.2) is 47.6 Å². The molecule has 0 aliphatic carbocycles. The summed E-state index contributed by atoms with van der Waals surface area (Å²) in [5.41, 5.74) is -3.10. The van der Waals surface area contributed by atoms with Crippen LogP contribution in [0.3, 0.4) is 0 Å². The van der Waals surface area contributed by atoms with Crippen LogP contribution in [0.1, 0.15) is 38.3 Å². The molecule has 11 heteroatoms. The van der Waals surface area contributed by atoms with Gasteiger partial charge in [-0.05, 0) is 60.5 Å². The Morgan fingerprint density at radius 3 is 2.45 bits per heavy atom. The lowest BCUT2D eigenvalue weighted by Gasteiger charge is -2.33. The normalized spacial score (nSPS) is 20.6. The van der Waals surface area contributed by atoms with Crippen molar-refractivity contribution in [1.29, 1.82) is 0 Å². The van der Waals surface area contributed by atoms with Gasteiger partial charge in [-0.2, -0.15) is 0 Å². The minimum absolute atomic E-state index is 0.00350. The molecule has 3 aromatic carbocycles. The van der Waals surface area contributed by atoms with Crippen molar-refractivity contribution >= 4 is 34.8 Å². The Labute approximate surface area is 219 Å². The number of rotatable bonds is 3. The van der Waals surface area contributed by atoms with Crippen LogP contribution in [0, 0.1) is 11.6 Å². The lowest BCUT2D eigenvalue weighted by atomic mass is 9.86. The third kappa shape index (κ3) is 4.13. The summed E-state index contributed by atoms with van der Waals surface area (Å²) in [5, 5.41) is 20.5. The number of carbonyl (C=O) groups excluding carboxylic acids is 2. The highest BCUT2D eigenvalue weighted by Gasteiger charge is 2.56. The van der Waals surface area contributed by atoms with Gasteiger partial charge in [-0.25, -0.2) is 17.6 Å². The van der Waals surface area contributed by atoms with Gasteiger partial charge < -0.3 is 20.0 Å². The van der Waals surface area contributed by atoms with Crippen molar-refractivity contribution in [2.75, 3.05) is 29.5 Å². The van der Waals surface area contributed by atoms with Gasteiger partial charge in [0.1, 0.15) is 11.6 Å². The Kier molecular flexibility index (Phi) is 6.45. The molecule has 0 saturated carbocycles. The van der Waals surface area contributed by atoms with Gasteiger partial charge in [0, 0.05) is 41.2 Å². The molecule has 6 nitrogen and oxygen atoms in total. The first-order chi connectivity index (χ1) is 18.0. The van der Waals surface area contributed by atoms with E-state index in [0.29, 0.717) is 12.0 Å². The lowest BCUT2D eigenvalue weighted by Crippen LogP contribution is -2.48. The number of hydrogen-bond acceptors (Lipinski definition) is 4. The van der Waals surface area contributed by atoms with E-state index in [9.17, 15) is 33.0 Å². The molecule has 2 aliphatic rings. The summed E-state index contributed by atoms with van der Waals surface area (Å²) in [6.45, 7) is -1.73. The molecule has 0 aromatic heterocycles. The molecule has 38 heavy (non-hydrogen) atoms. The minimum Gasteiger partial charge on any atom is -0.393 e. The standard InChI is InChI=1S/C27H21ClF4N2O4/c28-17-3-6-22-20(12-17)26(38,14-35)27(31,32)8-10-34(22)24(36)16-2-5-23(21(30)11-16)33-9-7-15-1-4-18(29)13-19(15)25(33)37/h1-6,11-13,35,38H,7-10,14H2/t26-/m0/s1. The van der Waals surface area contributed by atoms with Crippen LogP contribution >= 0.6 is 11.6 Å². The average Bonchev–Trinajstić information content (AvgIpc) is 2.97. The molecule has 5 rings (SSSR count). The van der Waals surface area contributed by atoms with Crippen molar-refractivity contribution in [3.63, 3.8) is 0 Å². The fourth-order valence-electron chi connectivity index (χ4n) is 4.95. The number of amides is 2. The molecule has 0 unspecified atom stereocenters. The quantitative estimate of drug-likeness (QED) is 0.466. The molecule has 3 aromatic rings. The van der Waals surface area contributed by atoms with E-state index in [1.54, 1.807) is 0 Å². The summed E-state index contributed by atoms with van der Waals surface area (Å²) in [4.78, 5) is 28.5. The fourth-order valence-corrected chi connectivity index (χ4v) is 5.12. The summed E-state index contributed by atoms with van der Waals surface area (Å²) < 4.78 is 58.9. The Bertz CT molecular complexity index is 1470. The summed E-state index contributed by atoms with van der Waals surface area (Å²) in [6, 6.07) is 10.9. The molecule has 0 bridgehead atoms. The molecule has 1 atom stereocenters. The zero-order valence-corrected chi connectivity index (χ0v) is 20.5. The average molecular weight is 549 g/mol. The Balaban J connectivity index is 1.50. The molecule has 2 N–H and O–H groups in total. The first kappa shape index (κ1) is 26.1. The number of fused-ring (bicyclic) bond motifs is 2. The SMILES string of the molecule is O=C1c2cc(F)ccc2CCN1c1ccc(C(=O)N2CCC(F)(F)[C@](O)(CO)c3cc(Cl)ccc32)cc1F. The maximum Gasteiger partial charge on any atom is 0.284 e. The van der Waals surface area contributed by atoms with Gasteiger partial charge in [0.15, 0.2) is 5.60 Å². The molecule has 0 saturated heterocycles. The highest BCUT2D eigenvalue weighted by atomic mass is 35.5. The topological polar surface area (TPSA) is 81.1 Å². The maximum atomic E-state index is 15.3. The predicted molar refractivity (Wildman–Crippen MR) is 132 cm³/mol. The molecule has 2 aliphatic heterocycles. The van der Waals surface area contributed by atoms with Crippen LogP contribution < -0.4 is 9.80 Å². The number of halogens is 5. The van der Waals surface area contributed by atoms with Crippen molar-refractivity contribution in [1.82, 2.24) is 0 Å². The first-order valence-corrected chi connectivity index (χ1v) is 12.1. The number of hydrogen-bond donors (Lipinski definition) is 2. The zero-order valence-electron chi connectivity index (χ0n) is 19.7. The highest BCUT2D eigenvalue weighted by molar-refractivity contribution is 6.30. The summed E-state index contributed by atoms with van der Waals surface area (Å²) in [7, 11) is 0. The van der Waals surface area contributed by atoms with Crippen LogP contribution in [-0.2, 0) is 12.0 Å². The second-order valence-corrected chi connectivity index (χ2v) is 9.70. The molecule has 2 amide bonds. The number of aliphatic hydroxyl groups is 2. The fraction of sp³-hybridized carbons (Fsp3) is 0.259. The highest BCUT2D eigenvalue weighted by Crippen LogP contribution is 2.47. The molecule has 0 fully saturated rings. The van der Waals surface area contributed by atoms with Crippen molar-refractivity contribution in [3.8, 4) is 0 Å². The van der Waals surface area contributed by atoms with Crippen LogP contribution in [0.5, 0.6) is 0 Å². The lowest BCUT2D eigenvalue weighted by molar-refractivity contribution is -0.205. The molecule has 0 spiro atoms. The van der Waals surface area contributed by atoms with Crippen LogP contribution in [0.15, 0.2) is 54.6 Å². The predicted octanol–water partition coefficient (Wildman–Crippen LogP) is 4.69. The van der Waals surface area contributed by atoms with Crippen LogP contribution in [0.25, 0.3) is 0 Å². The largest absolute Gasteiger partial charge is 0.393 e. The maximum absolute atomic E-state index is 15.3. The monoisotopic (exact) mass is 548 g/mol. The van der Waals surface area contributed by atoms with Gasteiger partial charge in [-0.15, -0.1) is 0 Å². The van der Waals surface area contributed by atoms with E-state index in [1.807, 2.05) is 0 Å². The van der Waals surface area contributed by atoms with E-state index in [4.69, 9.17) is 11.6 Å². The summed E-state index contributed by atoms with van der Waals surface area (Å²) in [6.07, 6.45) is -0.614. The van der Waals surface area contributed by atoms with Gasteiger partial charge >= 0.3 is 0 Å². The van der Waals surface area contributed by atoms with Gasteiger partial charge in [-0.1, -0.05) is 17.7 Å².